The van der Waals surface area contributed by atoms with Crippen LogP contribution in [0.3, 0.4) is 0 Å². The van der Waals surface area contributed by atoms with E-state index in [-0.39, 0.29) is 18.1 Å². The van der Waals surface area contributed by atoms with Gasteiger partial charge < -0.3 is 15.0 Å². The second kappa shape index (κ2) is 7.08. The van der Waals surface area contributed by atoms with E-state index in [2.05, 4.69) is 23.4 Å². The number of hydrogen-bond acceptors (Lipinski definition) is 4. The third kappa shape index (κ3) is 3.60. The zero-order valence-corrected chi connectivity index (χ0v) is 15.4. The van der Waals surface area contributed by atoms with Crippen LogP contribution in [-0.4, -0.2) is 58.5 Å². The summed E-state index contributed by atoms with van der Waals surface area (Å²) in [6.45, 7) is 6.79. The maximum Gasteiger partial charge on any atom is 0.239 e. The summed E-state index contributed by atoms with van der Waals surface area (Å²) in [5.74, 6) is 0.977. The molecular formula is C19H30N4O2. The van der Waals surface area contributed by atoms with Gasteiger partial charge in [-0.05, 0) is 45.1 Å². The van der Waals surface area contributed by atoms with Crippen molar-refractivity contribution in [1.82, 2.24) is 20.0 Å². The topological polar surface area (TPSA) is 59.4 Å². The van der Waals surface area contributed by atoms with Crippen LogP contribution >= 0.6 is 0 Å². The number of hydrogen-bond donors (Lipinski definition) is 1. The fraction of sp³-hybridized carbons (Fsp3) is 0.789. The predicted octanol–water partition coefficient (Wildman–Crippen LogP) is 1.65. The van der Waals surface area contributed by atoms with Gasteiger partial charge >= 0.3 is 0 Å². The molecule has 3 heterocycles. The normalized spacial score (nSPS) is 32.6. The van der Waals surface area contributed by atoms with E-state index in [9.17, 15) is 4.79 Å². The van der Waals surface area contributed by atoms with Crippen molar-refractivity contribution < 1.29 is 9.53 Å². The van der Waals surface area contributed by atoms with Crippen LogP contribution in [0.4, 0.5) is 0 Å². The molecule has 1 saturated carbocycles. The summed E-state index contributed by atoms with van der Waals surface area (Å²) in [6.07, 6.45) is 6.19. The smallest absolute Gasteiger partial charge is 0.239 e. The summed E-state index contributed by atoms with van der Waals surface area (Å²) in [7, 11) is 0. The van der Waals surface area contributed by atoms with Gasteiger partial charge in [-0.3, -0.25) is 9.48 Å². The van der Waals surface area contributed by atoms with Gasteiger partial charge in [0, 0.05) is 24.8 Å². The molecule has 1 aliphatic carbocycles. The molecule has 25 heavy (non-hydrogen) atoms. The summed E-state index contributed by atoms with van der Waals surface area (Å²) < 4.78 is 7.91. The first-order valence-electron chi connectivity index (χ1n) is 9.77. The minimum Gasteiger partial charge on any atom is -0.373 e. The molecule has 3 fully saturated rings. The van der Waals surface area contributed by atoms with Crippen molar-refractivity contribution in [2.24, 2.45) is 5.92 Å². The summed E-state index contributed by atoms with van der Waals surface area (Å²) >= 11 is 0. The molecule has 2 aliphatic heterocycles. The molecule has 1 amide bonds. The number of carbonyl (C=O) groups is 1. The lowest BCUT2D eigenvalue weighted by Crippen LogP contribution is -2.52. The van der Waals surface area contributed by atoms with Gasteiger partial charge in [0.2, 0.25) is 5.91 Å². The largest absolute Gasteiger partial charge is 0.373 e. The van der Waals surface area contributed by atoms with Crippen molar-refractivity contribution >= 4 is 5.91 Å². The molecule has 3 aliphatic rings. The molecule has 4 atom stereocenters. The van der Waals surface area contributed by atoms with Crippen LogP contribution in [0, 0.1) is 19.8 Å². The molecule has 0 spiro atoms. The summed E-state index contributed by atoms with van der Waals surface area (Å²) in [5.41, 5.74) is 2.17. The molecule has 1 aromatic heterocycles. The molecule has 4 unspecified atom stereocenters. The minimum atomic E-state index is 0.0144. The first-order chi connectivity index (χ1) is 12.1. The van der Waals surface area contributed by atoms with Crippen LogP contribution in [0.5, 0.6) is 0 Å². The Morgan fingerprint density at radius 1 is 1.36 bits per heavy atom. The summed E-state index contributed by atoms with van der Waals surface area (Å²) in [4.78, 5) is 15.0. The molecule has 1 aromatic rings. The minimum absolute atomic E-state index is 0.0144. The Morgan fingerprint density at radius 2 is 2.20 bits per heavy atom. The van der Waals surface area contributed by atoms with E-state index in [1.54, 1.807) is 0 Å². The van der Waals surface area contributed by atoms with Crippen molar-refractivity contribution in [2.75, 3.05) is 19.7 Å². The van der Waals surface area contributed by atoms with Crippen molar-refractivity contribution in [1.29, 1.82) is 0 Å². The highest BCUT2D eigenvalue weighted by Gasteiger charge is 2.40. The second-order valence-electron chi connectivity index (χ2n) is 7.99. The standard InChI is InChI=1S/C19H30N4O2/c1-13-9-14(2)23(21-13)12-16-11-22(7-8-25-16)19(24)18-10-15-5-3-4-6-17(15)20-18/h9,15-18,20H,3-8,10-12H2,1-2H3. The van der Waals surface area contributed by atoms with Crippen molar-refractivity contribution in [2.45, 2.75) is 70.7 Å². The van der Waals surface area contributed by atoms with Crippen molar-refractivity contribution in [3.8, 4) is 0 Å². The quantitative estimate of drug-likeness (QED) is 0.904. The SMILES string of the molecule is Cc1cc(C)n(CC2CN(C(=O)C3CC4CCCCC4N3)CCO2)n1. The summed E-state index contributed by atoms with van der Waals surface area (Å²) in [5, 5.41) is 8.14. The molecule has 2 saturated heterocycles. The molecule has 0 radical (unpaired) electrons. The second-order valence-corrected chi connectivity index (χ2v) is 7.99. The molecule has 4 rings (SSSR count). The summed E-state index contributed by atoms with van der Waals surface area (Å²) in [6, 6.07) is 2.66. The van der Waals surface area contributed by atoms with E-state index in [0.29, 0.717) is 38.2 Å². The number of morpholine rings is 1. The van der Waals surface area contributed by atoms with Gasteiger partial charge in [0.25, 0.3) is 0 Å². The van der Waals surface area contributed by atoms with Crippen LogP contribution < -0.4 is 5.32 Å². The van der Waals surface area contributed by atoms with Crippen LogP contribution in [0.2, 0.25) is 0 Å². The zero-order valence-electron chi connectivity index (χ0n) is 15.4. The van der Waals surface area contributed by atoms with E-state index >= 15 is 0 Å². The highest BCUT2D eigenvalue weighted by Crippen LogP contribution is 2.33. The Labute approximate surface area is 149 Å². The third-order valence-corrected chi connectivity index (χ3v) is 6.09. The van der Waals surface area contributed by atoms with Gasteiger partial charge in [-0.25, -0.2) is 0 Å². The first-order valence-corrected chi connectivity index (χ1v) is 9.77. The lowest BCUT2D eigenvalue weighted by molar-refractivity contribution is -0.141. The number of fused-ring (bicyclic) bond motifs is 1. The highest BCUT2D eigenvalue weighted by molar-refractivity contribution is 5.82. The number of nitrogens with zero attached hydrogens (tertiary/aromatic N) is 3. The van der Waals surface area contributed by atoms with Gasteiger partial charge in [-0.1, -0.05) is 12.8 Å². The highest BCUT2D eigenvalue weighted by atomic mass is 16.5. The Bertz CT molecular complexity index is 615. The van der Waals surface area contributed by atoms with E-state index in [0.717, 1.165) is 17.8 Å². The molecule has 1 N–H and O–H groups in total. The van der Waals surface area contributed by atoms with Crippen LogP contribution in [0.15, 0.2) is 6.07 Å². The number of ether oxygens (including phenoxy) is 1. The lowest BCUT2D eigenvalue weighted by atomic mass is 9.85. The number of aryl methyl sites for hydroxylation is 2. The zero-order chi connectivity index (χ0) is 17.4. The van der Waals surface area contributed by atoms with Crippen LogP contribution in [0.1, 0.15) is 43.5 Å². The van der Waals surface area contributed by atoms with E-state index in [1.165, 1.54) is 25.7 Å². The van der Waals surface area contributed by atoms with E-state index in [4.69, 9.17) is 4.74 Å². The van der Waals surface area contributed by atoms with E-state index in [1.807, 2.05) is 16.5 Å². The number of amides is 1. The van der Waals surface area contributed by atoms with Crippen LogP contribution in [-0.2, 0) is 16.1 Å². The van der Waals surface area contributed by atoms with Crippen LogP contribution in [0.25, 0.3) is 0 Å². The fourth-order valence-electron chi connectivity index (χ4n) is 4.81. The average molecular weight is 346 g/mol. The number of aromatic nitrogens is 2. The average Bonchev–Trinajstić information content (AvgIpc) is 3.17. The Hall–Kier alpha value is -1.40. The molecule has 0 aromatic carbocycles. The fourth-order valence-corrected chi connectivity index (χ4v) is 4.81. The molecule has 6 heteroatoms. The number of carbonyl (C=O) groups excluding carboxylic acids is 1. The van der Waals surface area contributed by atoms with Gasteiger partial charge in [-0.2, -0.15) is 5.10 Å². The van der Waals surface area contributed by atoms with Gasteiger partial charge in [0.15, 0.2) is 0 Å². The van der Waals surface area contributed by atoms with Crippen molar-refractivity contribution in [3.05, 3.63) is 17.5 Å². The number of nitrogens with one attached hydrogen (secondary N) is 1. The Morgan fingerprint density at radius 3 is 2.96 bits per heavy atom. The molecular weight excluding hydrogens is 316 g/mol. The van der Waals surface area contributed by atoms with Gasteiger partial charge in [-0.15, -0.1) is 0 Å². The molecule has 0 bridgehead atoms. The molecule has 6 nitrogen and oxygen atoms in total. The Balaban J connectivity index is 1.36. The van der Waals surface area contributed by atoms with Gasteiger partial charge in [0.05, 0.1) is 31.0 Å². The molecule has 138 valence electrons. The van der Waals surface area contributed by atoms with Crippen molar-refractivity contribution in [3.63, 3.8) is 0 Å². The van der Waals surface area contributed by atoms with E-state index < -0.39 is 0 Å². The maximum atomic E-state index is 13.0. The third-order valence-electron chi connectivity index (χ3n) is 6.09. The van der Waals surface area contributed by atoms with Gasteiger partial charge in [0.1, 0.15) is 0 Å². The predicted molar refractivity (Wildman–Crippen MR) is 95.3 cm³/mol. The number of rotatable bonds is 3. The monoisotopic (exact) mass is 346 g/mol. The first kappa shape index (κ1) is 17.0. The maximum absolute atomic E-state index is 13.0. The lowest BCUT2D eigenvalue weighted by Gasteiger charge is -2.34. The Kier molecular flexibility index (Phi) is 4.82.